The van der Waals surface area contributed by atoms with Crippen LogP contribution in [0.15, 0.2) is 34.1 Å². The third kappa shape index (κ3) is 3.34. The molecular weight excluding hydrogens is 346 g/mol. The molecule has 0 spiro atoms. The fraction of sp³-hybridized carbons (Fsp3) is 0.0833. The van der Waals surface area contributed by atoms with Crippen LogP contribution in [0.25, 0.3) is 0 Å². The van der Waals surface area contributed by atoms with Crippen LogP contribution < -0.4 is 11.1 Å². The molecule has 8 heteroatoms. The minimum atomic E-state index is -0.484. The third-order valence-corrected chi connectivity index (χ3v) is 3.98. The molecule has 104 valence electrons. The first kappa shape index (κ1) is 14.5. The third-order valence-electron chi connectivity index (χ3n) is 2.55. The Morgan fingerprint density at radius 2 is 2.20 bits per heavy atom. The van der Waals surface area contributed by atoms with E-state index in [1.54, 1.807) is 23.6 Å². The summed E-state index contributed by atoms with van der Waals surface area (Å²) in [7, 11) is 0. The van der Waals surface area contributed by atoms with Gasteiger partial charge in [0.15, 0.2) is 0 Å². The number of nitrogens with zero attached hydrogens (tertiary/aromatic N) is 1. The quantitative estimate of drug-likeness (QED) is 0.635. The van der Waals surface area contributed by atoms with Gasteiger partial charge in [-0.05, 0) is 18.2 Å². The highest BCUT2D eigenvalue weighted by atomic mass is 79.9. The molecule has 0 bridgehead atoms. The highest BCUT2D eigenvalue weighted by Gasteiger charge is 2.14. The molecule has 1 aromatic carbocycles. The minimum Gasteiger partial charge on any atom is -0.375 e. The summed E-state index contributed by atoms with van der Waals surface area (Å²) in [5.41, 5.74) is 6.02. The Labute approximate surface area is 126 Å². The first-order chi connectivity index (χ1) is 9.47. The summed E-state index contributed by atoms with van der Waals surface area (Å²) < 4.78 is 0.641. The molecule has 2 aromatic rings. The SMILES string of the molecule is NC(=O)c1csc(CNc2ccc(Br)cc2[N+](=O)[O-])c1. The Bertz CT molecular complexity index is 672. The molecule has 6 nitrogen and oxygen atoms in total. The molecule has 0 saturated carbocycles. The number of thiophene rings is 1. The van der Waals surface area contributed by atoms with Crippen molar-refractivity contribution in [2.24, 2.45) is 5.73 Å². The van der Waals surface area contributed by atoms with Crippen molar-refractivity contribution in [3.8, 4) is 0 Å². The normalized spacial score (nSPS) is 10.2. The Morgan fingerprint density at radius 1 is 1.45 bits per heavy atom. The average Bonchev–Trinajstić information content (AvgIpc) is 2.86. The molecule has 0 atom stereocenters. The lowest BCUT2D eigenvalue weighted by Gasteiger charge is -2.06. The molecule has 1 heterocycles. The Balaban J connectivity index is 2.14. The largest absolute Gasteiger partial charge is 0.375 e. The van der Waals surface area contributed by atoms with Gasteiger partial charge >= 0.3 is 0 Å². The molecular formula is C12H10BrN3O3S. The number of benzene rings is 1. The molecule has 20 heavy (non-hydrogen) atoms. The summed E-state index contributed by atoms with van der Waals surface area (Å²) in [6, 6.07) is 6.46. The Hall–Kier alpha value is -1.93. The van der Waals surface area contributed by atoms with Gasteiger partial charge in [0.2, 0.25) is 5.91 Å². The van der Waals surface area contributed by atoms with Crippen LogP contribution in [0.4, 0.5) is 11.4 Å². The van der Waals surface area contributed by atoms with Crippen LogP contribution in [0.1, 0.15) is 15.2 Å². The summed E-state index contributed by atoms with van der Waals surface area (Å²) in [6.07, 6.45) is 0. The predicted octanol–water partition coefficient (Wildman–Crippen LogP) is 3.13. The minimum absolute atomic E-state index is 0.00828. The molecule has 0 saturated heterocycles. The van der Waals surface area contributed by atoms with Crippen molar-refractivity contribution < 1.29 is 9.72 Å². The molecule has 0 aliphatic carbocycles. The maximum absolute atomic E-state index is 11.0. The van der Waals surface area contributed by atoms with E-state index in [0.717, 1.165) is 4.88 Å². The second-order valence-corrected chi connectivity index (χ2v) is 5.85. The zero-order valence-corrected chi connectivity index (χ0v) is 12.5. The smallest absolute Gasteiger partial charge is 0.293 e. The van der Waals surface area contributed by atoms with E-state index < -0.39 is 10.8 Å². The van der Waals surface area contributed by atoms with E-state index in [-0.39, 0.29) is 5.69 Å². The topological polar surface area (TPSA) is 98.3 Å². The number of nitrogens with two attached hydrogens (primary N) is 1. The average molecular weight is 356 g/mol. The summed E-state index contributed by atoms with van der Waals surface area (Å²) in [5.74, 6) is -0.484. The zero-order valence-electron chi connectivity index (χ0n) is 10.1. The molecule has 0 unspecified atom stereocenters. The second kappa shape index (κ2) is 6.02. The lowest BCUT2D eigenvalue weighted by atomic mass is 10.2. The molecule has 1 aromatic heterocycles. The van der Waals surface area contributed by atoms with Crippen molar-refractivity contribution in [1.29, 1.82) is 0 Å². The van der Waals surface area contributed by atoms with E-state index in [9.17, 15) is 14.9 Å². The van der Waals surface area contributed by atoms with Gasteiger partial charge in [0.25, 0.3) is 5.69 Å². The van der Waals surface area contributed by atoms with Crippen molar-refractivity contribution >= 4 is 44.5 Å². The molecule has 0 radical (unpaired) electrons. The standard InChI is InChI=1S/C12H10BrN3O3S/c13-8-1-2-10(11(4-8)16(18)19)15-5-9-3-7(6-20-9)12(14)17/h1-4,6,15H,5H2,(H2,14,17). The number of nitrogens with one attached hydrogen (secondary N) is 1. The number of hydrogen-bond acceptors (Lipinski definition) is 5. The summed E-state index contributed by atoms with van der Waals surface area (Å²) in [6.45, 7) is 0.389. The van der Waals surface area contributed by atoms with Gasteiger partial charge in [0, 0.05) is 27.3 Å². The van der Waals surface area contributed by atoms with E-state index in [0.29, 0.717) is 22.3 Å². The van der Waals surface area contributed by atoms with Gasteiger partial charge in [-0.15, -0.1) is 11.3 Å². The first-order valence-electron chi connectivity index (χ1n) is 5.52. The van der Waals surface area contributed by atoms with Gasteiger partial charge in [-0.25, -0.2) is 0 Å². The number of nitro benzene ring substituents is 1. The Kier molecular flexibility index (Phi) is 4.35. The summed E-state index contributed by atoms with van der Waals surface area (Å²) in [4.78, 5) is 22.4. The van der Waals surface area contributed by atoms with Crippen molar-refractivity contribution in [1.82, 2.24) is 0 Å². The van der Waals surface area contributed by atoms with Gasteiger partial charge in [-0.3, -0.25) is 14.9 Å². The fourth-order valence-electron chi connectivity index (χ4n) is 1.59. The van der Waals surface area contributed by atoms with Crippen LogP contribution in [0.2, 0.25) is 0 Å². The predicted molar refractivity (Wildman–Crippen MR) is 81.0 cm³/mol. The van der Waals surface area contributed by atoms with Gasteiger partial charge in [-0.2, -0.15) is 0 Å². The number of primary amides is 1. The molecule has 0 aliphatic heterocycles. The number of anilines is 1. The molecule has 0 fully saturated rings. The lowest BCUT2D eigenvalue weighted by molar-refractivity contribution is -0.384. The second-order valence-electron chi connectivity index (χ2n) is 3.94. The van der Waals surface area contributed by atoms with Crippen molar-refractivity contribution in [2.45, 2.75) is 6.54 Å². The number of hydrogen-bond donors (Lipinski definition) is 2. The lowest BCUT2D eigenvalue weighted by Crippen LogP contribution is -2.09. The van der Waals surface area contributed by atoms with Crippen LogP contribution in [-0.2, 0) is 6.54 Å². The van der Waals surface area contributed by atoms with Gasteiger partial charge in [0.1, 0.15) is 5.69 Å². The highest BCUT2D eigenvalue weighted by molar-refractivity contribution is 9.10. The van der Waals surface area contributed by atoms with Crippen LogP contribution in [0, 0.1) is 10.1 Å². The van der Waals surface area contributed by atoms with Gasteiger partial charge in [0.05, 0.1) is 10.5 Å². The number of carbonyl (C=O) groups is 1. The van der Waals surface area contributed by atoms with Crippen molar-refractivity contribution in [2.75, 3.05) is 5.32 Å². The summed E-state index contributed by atoms with van der Waals surface area (Å²) in [5, 5.41) is 15.6. The monoisotopic (exact) mass is 355 g/mol. The highest BCUT2D eigenvalue weighted by Crippen LogP contribution is 2.28. The maximum atomic E-state index is 11.0. The van der Waals surface area contributed by atoms with E-state index in [4.69, 9.17) is 5.73 Å². The number of halogens is 1. The van der Waals surface area contributed by atoms with Crippen LogP contribution in [0.5, 0.6) is 0 Å². The van der Waals surface area contributed by atoms with Crippen LogP contribution >= 0.6 is 27.3 Å². The number of amides is 1. The maximum Gasteiger partial charge on any atom is 0.293 e. The number of nitro groups is 1. The van der Waals surface area contributed by atoms with E-state index >= 15 is 0 Å². The van der Waals surface area contributed by atoms with E-state index in [1.165, 1.54) is 17.4 Å². The summed E-state index contributed by atoms with van der Waals surface area (Å²) >= 11 is 4.57. The fourth-order valence-corrected chi connectivity index (χ4v) is 2.75. The molecule has 1 amide bonds. The number of rotatable bonds is 5. The van der Waals surface area contributed by atoms with Crippen molar-refractivity contribution in [3.63, 3.8) is 0 Å². The molecule has 0 aliphatic rings. The van der Waals surface area contributed by atoms with E-state index in [1.807, 2.05) is 0 Å². The van der Waals surface area contributed by atoms with Gasteiger partial charge < -0.3 is 11.1 Å². The zero-order chi connectivity index (χ0) is 14.7. The number of carbonyl (C=O) groups excluding carboxylic acids is 1. The van der Waals surface area contributed by atoms with E-state index in [2.05, 4.69) is 21.2 Å². The molecule has 3 N–H and O–H groups in total. The Morgan fingerprint density at radius 3 is 2.80 bits per heavy atom. The molecule has 2 rings (SSSR count). The van der Waals surface area contributed by atoms with Crippen molar-refractivity contribution in [3.05, 3.63) is 54.7 Å². The van der Waals surface area contributed by atoms with Crippen LogP contribution in [0.3, 0.4) is 0 Å². The van der Waals surface area contributed by atoms with Crippen LogP contribution in [-0.4, -0.2) is 10.8 Å². The van der Waals surface area contributed by atoms with Gasteiger partial charge in [-0.1, -0.05) is 15.9 Å². The first-order valence-corrected chi connectivity index (χ1v) is 7.19.